The van der Waals surface area contributed by atoms with Crippen molar-refractivity contribution in [3.63, 3.8) is 0 Å². The minimum atomic E-state index is -1.20. The molecule has 1 aromatic heterocycles. The summed E-state index contributed by atoms with van der Waals surface area (Å²) in [5.74, 6) is -1.49. The number of rotatable bonds is 18. The van der Waals surface area contributed by atoms with Crippen LogP contribution >= 0.6 is 15.9 Å². The number of hydrogen-bond donors (Lipinski definition) is 8. The van der Waals surface area contributed by atoms with Crippen molar-refractivity contribution < 1.29 is 33.9 Å². The van der Waals surface area contributed by atoms with E-state index in [1.807, 2.05) is 0 Å². The van der Waals surface area contributed by atoms with Gasteiger partial charge in [0, 0.05) is 41.5 Å². The van der Waals surface area contributed by atoms with Gasteiger partial charge in [-0.2, -0.15) is 0 Å². The normalized spacial score (nSPS) is 11.1. The van der Waals surface area contributed by atoms with Crippen molar-refractivity contribution >= 4 is 74.1 Å². The van der Waals surface area contributed by atoms with Crippen molar-refractivity contribution in [2.75, 3.05) is 35.6 Å². The highest BCUT2D eigenvalue weighted by Gasteiger charge is 2.21. The Kier molecular flexibility index (Phi) is 15.1. The molecule has 0 saturated heterocycles. The van der Waals surface area contributed by atoms with Crippen molar-refractivity contribution in [2.24, 2.45) is 5.73 Å². The third-order valence-electron chi connectivity index (χ3n) is 6.11. The van der Waals surface area contributed by atoms with E-state index >= 15 is 0 Å². The van der Waals surface area contributed by atoms with Gasteiger partial charge in [-0.25, -0.2) is 14.6 Å². The average molecular weight is 678 g/mol. The van der Waals surface area contributed by atoms with E-state index in [4.69, 9.17) is 10.8 Å². The van der Waals surface area contributed by atoms with E-state index in [9.17, 15) is 28.8 Å². The number of alkyl halides is 1. The van der Waals surface area contributed by atoms with Gasteiger partial charge in [-0.1, -0.05) is 28.9 Å². The smallest absolute Gasteiger partial charge is 0.409 e. The number of nitrogens with one attached hydrogen (secondary N) is 6. The minimum absolute atomic E-state index is 0.156. The number of carbonyl (C=O) groups excluding carboxylic acids is 5. The third-order valence-corrected chi connectivity index (χ3v) is 6.78. The number of aromatic nitrogens is 1. The Morgan fingerprint density at radius 1 is 0.909 bits per heavy atom. The number of primary amides is 1. The molecule has 0 bridgehead atoms. The number of carboxylic acid groups (broad SMARTS) is 1. The first-order valence-corrected chi connectivity index (χ1v) is 14.9. The molecule has 2 aromatic rings. The maximum Gasteiger partial charge on any atom is 0.409 e. The summed E-state index contributed by atoms with van der Waals surface area (Å²) >= 11 is 3.17. The number of halogens is 1. The predicted octanol–water partition coefficient (Wildman–Crippen LogP) is 1.94. The number of nitrogens with two attached hydrogens (primary N) is 1. The van der Waals surface area contributed by atoms with Crippen LogP contribution in [-0.2, 0) is 19.2 Å². The van der Waals surface area contributed by atoms with E-state index in [1.54, 1.807) is 18.2 Å². The van der Waals surface area contributed by atoms with Gasteiger partial charge in [-0.15, -0.1) is 0 Å². The fourth-order valence-electron chi connectivity index (χ4n) is 3.88. The lowest BCUT2D eigenvalue weighted by Gasteiger charge is -2.19. The van der Waals surface area contributed by atoms with E-state index in [-0.39, 0.29) is 43.6 Å². The number of fused-ring (bicyclic) bond motifs is 1. The summed E-state index contributed by atoms with van der Waals surface area (Å²) in [6, 6.07) is 6.18. The average Bonchev–Trinajstić information content (AvgIpc) is 2.98. The van der Waals surface area contributed by atoms with Gasteiger partial charge in [0.2, 0.25) is 23.6 Å². The predicted molar refractivity (Wildman–Crippen MR) is 168 cm³/mol. The molecule has 1 unspecified atom stereocenters. The van der Waals surface area contributed by atoms with E-state index in [1.165, 1.54) is 12.1 Å². The molecule has 0 aliphatic carbocycles. The van der Waals surface area contributed by atoms with Gasteiger partial charge in [-0.3, -0.25) is 24.5 Å². The number of carbonyl (C=O) groups is 6. The highest BCUT2D eigenvalue weighted by molar-refractivity contribution is 9.09. The molecule has 1 atom stereocenters. The number of benzene rings is 1. The number of amides is 7. The molecule has 0 aliphatic heterocycles. The monoisotopic (exact) mass is 676 g/mol. The van der Waals surface area contributed by atoms with Crippen LogP contribution in [0.1, 0.15) is 38.5 Å². The van der Waals surface area contributed by atoms with Gasteiger partial charge in [0.25, 0.3) is 0 Å². The SMILES string of the molecule is C=C(CBr)C(=O)NCCCCCC(=O)NCC(=O)NC(CCCNC(N)=O)C(=O)Nc1ccc2cc(NC(=O)O)ccc2n1. The number of urea groups is 1. The first kappa shape index (κ1) is 35.5. The maximum atomic E-state index is 13.1. The zero-order valence-corrected chi connectivity index (χ0v) is 25.6. The Bertz CT molecular complexity index is 1370. The van der Waals surface area contributed by atoms with Crippen LogP contribution in [0.25, 0.3) is 10.9 Å². The first-order chi connectivity index (χ1) is 21.0. The summed E-state index contributed by atoms with van der Waals surface area (Å²) in [5.41, 5.74) is 6.38. The fraction of sp³-hybridized carbons (Fsp3) is 0.393. The number of anilines is 2. The molecule has 1 heterocycles. The van der Waals surface area contributed by atoms with Gasteiger partial charge < -0.3 is 37.4 Å². The Morgan fingerprint density at radius 3 is 2.36 bits per heavy atom. The van der Waals surface area contributed by atoms with Crippen LogP contribution in [0.3, 0.4) is 0 Å². The molecular formula is C28H37BrN8O7. The fourth-order valence-corrected chi connectivity index (χ4v) is 4.14. The highest BCUT2D eigenvalue weighted by Crippen LogP contribution is 2.20. The maximum absolute atomic E-state index is 13.1. The molecule has 238 valence electrons. The molecule has 7 amide bonds. The zero-order chi connectivity index (χ0) is 32.5. The summed E-state index contributed by atoms with van der Waals surface area (Å²) in [5, 5.41) is 25.1. The number of pyridine rings is 1. The van der Waals surface area contributed by atoms with Crippen LogP contribution in [0.15, 0.2) is 42.5 Å². The molecule has 44 heavy (non-hydrogen) atoms. The van der Waals surface area contributed by atoms with Crippen molar-refractivity contribution in [3.8, 4) is 0 Å². The van der Waals surface area contributed by atoms with E-state index in [0.717, 1.165) is 0 Å². The van der Waals surface area contributed by atoms with Gasteiger partial charge in [-0.05, 0) is 56.0 Å². The quantitative estimate of drug-likeness (QED) is 0.0658. The Balaban J connectivity index is 1.87. The van der Waals surface area contributed by atoms with E-state index in [0.29, 0.717) is 59.7 Å². The van der Waals surface area contributed by atoms with E-state index in [2.05, 4.69) is 59.4 Å². The lowest BCUT2D eigenvalue weighted by Crippen LogP contribution is -2.47. The molecule has 0 saturated carbocycles. The highest BCUT2D eigenvalue weighted by atomic mass is 79.9. The molecular weight excluding hydrogens is 640 g/mol. The molecule has 9 N–H and O–H groups in total. The van der Waals surface area contributed by atoms with Crippen LogP contribution in [0.4, 0.5) is 21.1 Å². The molecule has 16 heteroatoms. The van der Waals surface area contributed by atoms with Crippen molar-refractivity contribution in [3.05, 3.63) is 42.5 Å². The second kappa shape index (κ2) is 18.7. The van der Waals surface area contributed by atoms with Gasteiger partial charge >= 0.3 is 12.1 Å². The second-order valence-electron chi connectivity index (χ2n) is 9.66. The Hall–Kier alpha value is -4.73. The van der Waals surface area contributed by atoms with Gasteiger partial charge in [0.1, 0.15) is 11.9 Å². The molecule has 0 radical (unpaired) electrons. The standard InChI is InChI=1S/C28H37BrN8O7/c1-17(15-29)25(40)31-12-4-2-3-7-23(38)33-16-24(39)36-21(6-5-13-32-27(30)42)26(41)37-22-11-8-18-14-19(34-28(43)44)9-10-20(18)35-22/h8-11,14,21,34H,1-7,12-13,15-16H2,(H,31,40)(H,33,38)(H,36,39)(H,43,44)(H3,30,32,42)(H,35,37,41). The van der Waals surface area contributed by atoms with Crippen LogP contribution < -0.4 is 37.6 Å². The van der Waals surface area contributed by atoms with Crippen molar-refractivity contribution in [1.29, 1.82) is 0 Å². The lowest BCUT2D eigenvalue weighted by atomic mass is 10.1. The van der Waals surface area contributed by atoms with Gasteiger partial charge in [0.15, 0.2) is 0 Å². The Labute approximate surface area is 262 Å². The molecule has 2 rings (SSSR count). The number of unbranched alkanes of at least 4 members (excludes halogenated alkanes) is 2. The lowest BCUT2D eigenvalue weighted by molar-refractivity contribution is -0.128. The largest absolute Gasteiger partial charge is 0.465 e. The second-order valence-corrected chi connectivity index (χ2v) is 10.2. The first-order valence-electron chi connectivity index (χ1n) is 13.8. The van der Waals surface area contributed by atoms with E-state index < -0.39 is 30.0 Å². The minimum Gasteiger partial charge on any atom is -0.465 e. The van der Waals surface area contributed by atoms with Gasteiger partial charge in [0.05, 0.1) is 12.1 Å². The van der Waals surface area contributed by atoms with Crippen molar-refractivity contribution in [1.82, 2.24) is 26.3 Å². The molecule has 15 nitrogen and oxygen atoms in total. The third kappa shape index (κ3) is 13.5. The summed E-state index contributed by atoms with van der Waals surface area (Å²) in [7, 11) is 0. The topological polar surface area (TPSA) is 234 Å². The molecule has 0 aliphatic rings. The summed E-state index contributed by atoms with van der Waals surface area (Å²) < 4.78 is 0. The van der Waals surface area contributed by atoms with Crippen LogP contribution in [0.5, 0.6) is 0 Å². The van der Waals surface area contributed by atoms with Crippen LogP contribution in [0, 0.1) is 0 Å². The summed E-state index contributed by atoms with van der Waals surface area (Å²) in [6.45, 7) is 3.94. The zero-order valence-electron chi connectivity index (χ0n) is 24.0. The molecule has 1 aromatic carbocycles. The summed E-state index contributed by atoms with van der Waals surface area (Å²) in [4.78, 5) is 75.7. The summed E-state index contributed by atoms with van der Waals surface area (Å²) in [6.07, 6.45) is 1.42. The molecule has 0 spiro atoms. The van der Waals surface area contributed by atoms with Crippen molar-refractivity contribution in [2.45, 2.75) is 44.6 Å². The van der Waals surface area contributed by atoms with Crippen LogP contribution in [-0.4, -0.2) is 76.8 Å². The number of hydrogen-bond acceptors (Lipinski definition) is 7. The van der Waals surface area contributed by atoms with Crippen LogP contribution in [0.2, 0.25) is 0 Å². The Morgan fingerprint density at radius 2 is 1.66 bits per heavy atom. The molecule has 0 fully saturated rings. The number of nitrogens with zero attached hydrogens (tertiary/aromatic N) is 1.